The molecular weight excluding hydrogens is 438 g/mol. The number of aliphatic imine (C=N–C) groups is 1. The molecule has 0 fully saturated rings. The van der Waals surface area contributed by atoms with Crippen molar-refractivity contribution in [2.45, 2.75) is 6.92 Å². The molecular formula is C18H13Br2NO3. The van der Waals surface area contributed by atoms with Crippen molar-refractivity contribution in [1.82, 2.24) is 0 Å². The van der Waals surface area contributed by atoms with Gasteiger partial charge in [-0.05, 0) is 74.7 Å². The molecule has 1 aliphatic heterocycles. The molecule has 0 atom stereocenters. The Kier molecular flexibility index (Phi) is 4.87. The molecule has 122 valence electrons. The summed E-state index contributed by atoms with van der Waals surface area (Å²) in [7, 11) is 1.59. The molecule has 0 spiro atoms. The number of hydrogen-bond donors (Lipinski definition) is 0. The summed E-state index contributed by atoms with van der Waals surface area (Å²) in [5.74, 6) is 0.543. The van der Waals surface area contributed by atoms with Crippen LogP contribution in [-0.4, -0.2) is 19.0 Å². The molecule has 0 saturated carbocycles. The van der Waals surface area contributed by atoms with Gasteiger partial charge in [-0.3, -0.25) is 0 Å². The van der Waals surface area contributed by atoms with Gasteiger partial charge >= 0.3 is 5.97 Å². The number of ether oxygens (including phenoxy) is 2. The molecule has 2 aromatic rings. The minimum atomic E-state index is -0.464. The Morgan fingerprint density at radius 2 is 1.75 bits per heavy atom. The summed E-state index contributed by atoms with van der Waals surface area (Å²) in [4.78, 5) is 16.4. The first kappa shape index (κ1) is 16.9. The summed E-state index contributed by atoms with van der Waals surface area (Å²) in [5.41, 5.74) is 2.96. The lowest BCUT2D eigenvalue weighted by Gasteiger charge is -2.07. The number of cyclic esters (lactones) is 1. The summed E-state index contributed by atoms with van der Waals surface area (Å²) >= 11 is 6.88. The maximum absolute atomic E-state index is 12.1. The third kappa shape index (κ3) is 3.44. The van der Waals surface area contributed by atoms with E-state index in [2.05, 4.69) is 36.9 Å². The van der Waals surface area contributed by atoms with Crippen LogP contribution in [0.5, 0.6) is 5.75 Å². The summed E-state index contributed by atoms with van der Waals surface area (Å²) in [6.45, 7) is 2.00. The van der Waals surface area contributed by atoms with Gasteiger partial charge in [0.05, 0.1) is 16.1 Å². The van der Waals surface area contributed by atoms with Gasteiger partial charge in [0, 0.05) is 5.56 Å². The second kappa shape index (κ2) is 6.91. The molecule has 0 saturated heterocycles. The van der Waals surface area contributed by atoms with Gasteiger partial charge in [0.15, 0.2) is 5.70 Å². The topological polar surface area (TPSA) is 47.9 Å². The molecule has 24 heavy (non-hydrogen) atoms. The first-order valence-electron chi connectivity index (χ1n) is 7.10. The number of nitrogens with zero attached hydrogens (tertiary/aromatic N) is 1. The SMILES string of the molecule is COc1c(Br)cc(/C=C2\N=C(c3ccc(C)cc3)OC2=O)cc1Br. The average molecular weight is 451 g/mol. The van der Waals surface area contributed by atoms with Crippen LogP contribution in [0, 0.1) is 6.92 Å². The Labute approximate surface area is 156 Å². The number of rotatable bonds is 3. The van der Waals surface area contributed by atoms with Crippen LogP contribution in [0.25, 0.3) is 6.08 Å². The number of halogens is 2. The van der Waals surface area contributed by atoms with E-state index in [-0.39, 0.29) is 5.70 Å². The number of benzene rings is 2. The fourth-order valence-corrected chi connectivity index (χ4v) is 3.79. The third-order valence-corrected chi connectivity index (χ3v) is 4.63. The van der Waals surface area contributed by atoms with Gasteiger partial charge in [-0.1, -0.05) is 17.7 Å². The predicted molar refractivity (Wildman–Crippen MR) is 100 cm³/mol. The number of carbonyl (C=O) groups is 1. The lowest BCUT2D eigenvalue weighted by atomic mass is 10.1. The van der Waals surface area contributed by atoms with Crippen LogP contribution >= 0.6 is 31.9 Å². The predicted octanol–water partition coefficient (Wildman–Crippen LogP) is 4.87. The van der Waals surface area contributed by atoms with E-state index >= 15 is 0 Å². The zero-order valence-electron chi connectivity index (χ0n) is 13.0. The highest BCUT2D eigenvalue weighted by molar-refractivity contribution is 9.11. The Morgan fingerprint density at radius 1 is 1.12 bits per heavy atom. The first-order chi connectivity index (χ1) is 11.5. The normalized spacial score (nSPS) is 15.4. The molecule has 2 aromatic carbocycles. The van der Waals surface area contributed by atoms with Gasteiger partial charge in [0.1, 0.15) is 5.75 Å². The Morgan fingerprint density at radius 3 is 2.33 bits per heavy atom. The second-order valence-corrected chi connectivity index (χ2v) is 6.93. The molecule has 0 aliphatic carbocycles. The van der Waals surface area contributed by atoms with Crippen LogP contribution in [0.2, 0.25) is 0 Å². The average Bonchev–Trinajstić information content (AvgIpc) is 2.89. The molecule has 0 bridgehead atoms. The second-order valence-electron chi connectivity index (χ2n) is 5.22. The van der Waals surface area contributed by atoms with E-state index < -0.39 is 5.97 Å². The first-order valence-corrected chi connectivity index (χ1v) is 8.69. The third-order valence-electron chi connectivity index (χ3n) is 3.45. The maximum Gasteiger partial charge on any atom is 0.363 e. The Hall–Kier alpha value is -1.92. The molecule has 3 rings (SSSR count). The van der Waals surface area contributed by atoms with E-state index in [1.54, 1.807) is 13.2 Å². The van der Waals surface area contributed by atoms with Crippen LogP contribution in [0.1, 0.15) is 16.7 Å². The molecule has 1 aliphatic rings. The van der Waals surface area contributed by atoms with Crippen molar-refractivity contribution >= 4 is 49.8 Å². The molecule has 0 N–H and O–H groups in total. The molecule has 0 aromatic heterocycles. The molecule has 0 amide bonds. The van der Waals surface area contributed by atoms with E-state index in [9.17, 15) is 4.79 Å². The van der Waals surface area contributed by atoms with E-state index in [0.29, 0.717) is 11.6 Å². The Bertz CT molecular complexity index is 847. The zero-order valence-corrected chi connectivity index (χ0v) is 16.1. The zero-order chi connectivity index (χ0) is 17.3. The molecule has 0 radical (unpaired) electrons. The lowest BCUT2D eigenvalue weighted by molar-refractivity contribution is -0.129. The van der Waals surface area contributed by atoms with E-state index in [1.807, 2.05) is 43.3 Å². The summed E-state index contributed by atoms with van der Waals surface area (Å²) in [6.07, 6.45) is 1.68. The maximum atomic E-state index is 12.1. The summed E-state index contributed by atoms with van der Waals surface area (Å²) < 4.78 is 12.1. The van der Waals surface area contributed by atoms with Crippen molar-refractivity contribution in [3.8, 4) is 5.75 Å². The highest BCUT2D eigenvalue weighted by atomic mass is 79.9. The van der Waals surface area contributed by atoms with Crippen molar-refractivity contribution in [3.63, 3.8) is 0 Å². The van der Waals surface area contributed by atoms with Crippen LogP contribution < -0.4 is 4.74 Å². The highest BCUT2D eigenvalue weighted by Crippen LogP contribution is 2.35. The van der Waals surface area contributed by atoms with Crippen LogP contribution in [-0.2, 0) is 9.53 Å². The van der Waals surface area contributed by atoms with E-state index in [4.69, 9.17) is 9.47 Å². The van der Waals surface area contributed by atoms with Crippen molar-refractivity contribution in [2.75, 3.05) is 7.11 Å². The van der Waals surface area contributed by atoms with Gasteiger partial charge in [-0.15, -0.1) is 0 Å². The highest BCUT2D eigenvalue weighted by Gasteiger charge is 2.24. The molecule has 4 nitrogen and oxygen atoms in total. The van der Waals surface area contributed by atoms with Crippen LogP contribution in [0.3, 0.4) is 0 Å². The van der Waals surface area contributed by atoms with Crippen LogP contribution in [0.4, 0.5) is 0 Å². The fraction of sp³-hybridized carbons (Fsp3) is 0.111. The van der Waals surface area contributed by atoms with Crippen LogP contribution in [0.15, 0.2) is 56.0 Å². The number of carbonyl (C=O) groups excluding carboxylic acids is 1. The van der Waals surface area contributed by atoms with Crippen molar-refractivity contribution in [3.05, 3.63) is 67.7 Å². The van der Waals surface area contributed by atoms with Gasteiger partial charge in [-0.2, -0.15) is 0 Å². The van der Waals surface area contributed by atoms with E-state index in [0.717, 1.165) is 25.6 Å². The standard InChI is InChI=1S/C18H13Br2NO3/c1-10-3-5-12(6-4-10)17-21-15(18(22)24-17)9-11-7-13(19)16(23-2)14(20)8-11/h3-9H,1-2H3/b15-9-. The molecule has 6 heteroatoms. The van der Waals surface area contributed by atoms with Gasteiger partial charge in [0.25, 0.3) is 0 Å². The number of hydrogen-bond acceptors (Lipinski definition) is 4. The van der Waals surface area contributed by atoms with Crippen molar-refractivity contribution in [2.24, 2.45) is 4.99 Å². The summed E-state index contributed by atoms with van der Waals surface area (Å²) in [5, 5.41) is 0. The number of aryl methyl sites for hydroxylation is 1. The quantitative estimate of drug-likeness (QED) is 0.494. The van der Waals surface area contributed by atoms with Gasteiger partial charge in [-0.25, -0.2) is 9.79 Å². The lowest BCUT2D eigenvalue weighted by Crippen LogP contribution is -2.05. The number of methoxy groups -OCH3 is 1. The molecule has 0 unspecified atom stereocenters. The monoisotopic (exact) mass is 449 g/mol. The number of esters is 1. The van der Waals surface area contributed by atoms with Gasteiger partial charge < -0.3 is 9.47 Å². The minimum Gasteiger partial charge on any atom is -0.494 e. The van der Waals surface area contributed by atoms with E-state index in [1.165, 1.54) is 0 Å². The van der Waals surface area contributed by atoms with Crippen molar-refractivity contribution < 1.29 is 14.3 Å². The minimum absolute atomic E-state index is 0.259. The largest absolute Gasteiger partial charge is 0.494 e. The smallest absolute Gasteiger partial charge is 0.363 e. The molecule has 1 heterocycles. The fourth-order valence-electron chi connectivity index (χ4n) is 2.24. The van der Waals surface area contributed by atoms with Crippen molar-refractivity contribution in [1.29, 1.82) is 0 Å². The van der Waals surface area contributed by atoms with Gasteiger partial charge in [0.2, 0.25) is 5.90 Å². The summed E-state index contributed by atoms with van der Waals surface area (Å²) in [6, 6.07) is 11.4. The Balaban J connectivity index is 1.95.